The van der Waals surface area contributed by atoms with E-state index in [-0.39, 0.29) is 41.3 Å². The van der Waals surface area contributed by atoms with E-state index in [2.05, 4.69) is 10.4 Å². The molecule has 1 aromatic heterocycles. The Kier molecular flexibility index (Phi) is 6.90. The molecule has 2 aromatic rings. The van der Waals surface area contributed by atoms with Crippen LogP contribution in [0.25, 0.3) is 0 Å². The molecular formula is C23H27ClFN5O4. The van der Waals surface area contributed by atoms with Crippen molar-refractivity contribution < 1.29 is 23.6 Å². The van der Waals surface area contributed by atoms with Gasteiger partial charge in [-0.1, -0.05) is 25.4 Å². The number of ketones is 1. The number of hydroxylamine groups is 2. The Morgan fingerprint density at radius 3 is 2.82 bits per heavy atom. The van der Waals surface area contributed by atoms with Crippen molar-refractivity contribution in [2.24, 2.45) is 5.92 Å². The summed E-state index contributed by atoms with van der Waals surface area (Å²) in [5.41, 5.74) is 2.21. The number of carbonyl (C=O) groups is 3. The number of hydrogen-bond acceptors (Lipinski definition) is 5. The number of hydrogen-bond donors (Lipinski definition) is 1. The topological polar surface area (TPSA) is 96.8 Å². The molecule has 1 N–H and O–H groups in total. The van der Waals surface area contributed by atoms with Crippen molar-refractivity contribution in [3.8, 4) is 0 Å². The number of nitrogens with one attached hydrogen (secondary N) is 1. The lowest BCUT2D eigenvalue weighted by Gasteiger charge is -2.27. The molecule has 0 saturated carbocycles. The van der Waals surface area contributed by atoms with Crippen LogP contribution in [0.5, 0.6) is 0 Å². The average molecular weight is 492 g/mol. The Labute approximate surface area is 201 Å². The third-order valence-electron chi connectivity index (χ3n) is 6.09. The third kappa shape index (κ3) is 4.92. The Morgan fingerprint density at radius 2 is 2.12 bits per heavy atom. The quantitative estimate of drug-likeness (QED) is 0.688. The smallest absolute Gasteiger partial charge is 0.320 e. The molecule has 9 nitrogen and oxygen atoms in total. The van der Waals surface area contributed by atoms with E-state index in [1.54, 1.807) is 16.6 Å². The van der Waals surface area contributed by atoms with E-state index in [1.807, 2.05) is 13.8 Å². The Bertz CT molecular complexity index is 1130. The maximum Gasteiger partial charge on any atom is 0.322 e. The molecular weight excluding hydrogens is 465 g/mol. The van der Waals surface area contributed by atoms with Gasteiger partial charge in [-0.25, -0.2) is 14.2 Å². The monoisotopic (exact) mass is 491 g/mol. The second-order valence-electron chi connectivity index (χ2n) is 8.88. The van der Waals surface area contributed by atoms with Crippen molar-refractivity contribution in [2.75, 3.05) is 18.9 Å². The number of amides is 3. The van der Waals surface area contributed by atoms with E-state index >= 15 is 0 Å². The van der Waals surface area contributed by atoms with Crippen molar-refractivity contribution in [2.45, 2.75) is 52.3 Å². The van der Waals surface area contributed by atoms with Gasteiger partial charge in [0.15, 0.2) is 0 Å². The van der Waals surface area contributed by atoms with Crippen molar-refractivity contribution in [1.82, 2.24) is 19.7 Å². The maximum absolute atomic E-state index is 13.4. The highest BCUT2D eigenvalue weighted by molar-refractivity contribution is 6.31. The predicted molar refractivity (Wildman–Crippen MR) is 123 cm³/mol. The highest BCUT2D eigenvalue weighted by Gasteiger charge is 2.35. The zero-order chi connectivity index (χ0) is 24.6. The number of benzene rings is 1. The summed E-state index contributed by atoms with van der Waals surface area (Å²) in [5.74, 6) is -0.827. The van der Waals surface area contributed by atoms with Gasteiger partial charge in [0.1, 0.15) is 23.4 Å². The summed E-state index contributed by atoms with van der Waals surface area (Å²) in [6.07, 6.45) is 0.957. The molecule has 0 aliphatic carbocycles. The maximum atomic E-state index is 13.4. The Morgan fingerprint density at radius 1 is 1.35 bits per heavy atom. The molecule has 0 fully saturated rings. The van der Waals surface area contributed by atoms with Gasteiger partial charge in [0, 0.05) is 43.6 Å². The fraction of sp³-hybridized carbons (Fsp3) is 0.478. The van der Waals surface area contributed by atoms with Crippen molar-refractivity contribution in [3.63, 3.8) is 0 Å². The van der Waals surface area contributed by atoms with E-state index in [0.29, 0.717) is 49.3 Å². The Hall–Kier alpha value is -2.98. The summed E-state index contributed by atoms with van der Waals surface area (Å²) < 4.78 is 15.0. The molecule has 11 heteroatoms. The first-order valence-electron chi connectivity index (χ1n) is 11.2. The van der Waals surface area contributed by atoms with Crippen LogP contribution in [-0.2, 0) is 29.1 Å². The van der Waals surface area contributed by atoms with E-state index in [0.717, 1.165) is 5.69 Å². The number of fused-ring (bicyclic) bond motifs is 3. The summed E-state index contributed by atoms with van der Waals surface area (Å²) in [5, 5.41) is 8.45. The standard InChI is InChI=1S/C23H27ClFN5O4/c1-13(2)20(31)7-5-15-11-30-21(22(32)28(3)34-15)16-12-29(9-8-19(16)27-30)23(33)26-14-4-6-18(25)17(24)10-14/h4,6,10,13,15H,5,7-9,11-12H2,1-3H3,(H,26,33). The van der Waals surface area contributed by atoms with Gasteiger partial charge in [0.25, 0.3) is 5.91 Å². The minimum Gasteiger partial charge on any atom is -0.320 e. The van der Waals surface area contributed by atoms with Crippen LogP contribution >= 0.6 is 11.6 Å². The number of carbonyl (C=O) groups excluding carboxylic acids is 3. The van der Waals surface area contributed by atoms with Gasteiger partial charge in [0.05, 0.1) is 23.8 Å². The van der Waals surface area contributed by atoms with E-state index in [1.165, 1.54) is 23.3 Å². The highest BCUT2D eigenvalue weighted by atomic mass is 35.5. The van der Waals surface area contributed by atoms with E-state index in [4.69, 9.17) is 16.4 Å². The highest BCUT2D eigenvalue weighted by Crippen LogP contribution is 2.28. The number of nitrogens with zero attached hydrogens (tertiary/aromatic N) is 4. The molecule has 1 aromatic carbocycles. The molecule has 0 bridgehead atoms. The number of rotatable bonds is 5. The fourth-order valence-electron chi connectivity index (χ4n) is 4.13. The lowest BCUT2D eigenvalue weighted by molar-refractivity contribution is -0.152. The van der Waals surface area contributed by atoms with Crippen LogP contribution in [0.15, 0.2) is 18.2 Å². The molecule has 2 aliphatic rings. The first-order chi connectivity index (χ1) is 16.1. The van der Waals surface area contributed by atoms with Crippen LogP contribution in [0.4, 0.5) is 14.9 Å². The third-order valence-corrected chi connectivity index (χ3v) is 6.38. The fourth-order valence-corrected chi connectivity index (χ4v) is 4.31. The molecule has 0 saturated heterocycles. The van der Waals surface area contributed by atoms with Crippen molar-refractivity contribution >= 4 is 35.0 Å². The summed E-state index contributed by atoms with van der Waals surface area (Å²) in [7, 11) is 1.54. The number of anilines is 1. The average Bonchev–Trinajstić information content (AvgIpc) is 3.10. The molecule has 1 unspecified atom stereocenters. The number of halogens is 2. The van der Waals surface area contributed by atoms with E-state index in [9.17, 15) is 18.8 Å². The van der Waals surface area contributed by atoms with Gasteiger partial charge in [-0.3, -0.25) is 19.1 Å². The number of urea groups is 1. The van der Waals surface area contributed by atoms with Gasteiger partial charge < -0.3 is 10.2 Å². The molecule has 34 heavy (non-hydrogen) atoms. The van der Waals surface area contributed by atoms with Gasteiger partial charge in [-0.2, -0.15) is 5.10 Å². The van der Waals surface area contributed by atoms with Gasteiger partial charge in [-0.15, -0.1) is 0 Å². The predicted octanol–water partition coefficient (Wildman–Crippen LogP) is 3.66. The normalized spacial score (nSPS) is 17.9. The molecule has 3 heterocycles. The molecule has 1 atom stereocenters. The van der Waals surface area contributed by atoms with E-state index < -0.39 is 5.82 Å². The summed E-state index contributed by atoms with van der Waals surface area (Å²) in [4.78, 5) is 45.4. The van der Waals surface area contributed by atoms with Crippen LogP contribution in [0, 0.1) is 11.7 Å². The van der Waals surface area contributed by atoms with Crippen LogP contribution in [0.2, 0.25) is 5.02 Å². The molecule has 3 amide bonds. The first kappa shape index (κ1) is 24.2. The van der Waals surface area contributed by atoms with Crippen LogP contribution < -0.4 is 5.32 Å². The molecule has 2 aliphatic heterocycles. The second-order valence-corrected chi connectivity index (χ2v) is 9.28. The number of Topliss-reactive ketones (excluding diaryl/α,β-unsaturated/α-hetero) is 1. The largest absolute Gasteiger partial charge is 0.322 e. The van der Waals surface area contributed by atoms with Crippen LogP contribution in [-0.4, -0.2) is 57.2 Å². The molecule has 0 radical (unpaired) electrons. The van der Waals surface area contributed by atoms with Crippen molar-refractivity contribution in [1.29, 1.82) is 0 Å². The van der Waals surface area contributed by atoms with Gasteiger partial charge >= 0.3 is 6.03 Å². The molecule has 0 spiro atoms. The first-order valence-corrected chi connectivity index (χ1v) is 11.6. The Balaban J connectivity index is 1.51. The molecule has 4 rings (SSSR count). The minimum atomic E-state index is -0.568. The SMILES string of the molecule is CC(C)C(=O)CCC1Cn2nc3c(c2C(=O)N(C)O1)CN(C(=O)Nc1ccc(F)c(Cl)c1)CC3. The summed E-state index contributed by atoms with van der Waals surface area (Å²) >= 11 is 5.80. The zero-order valence-corrected chi connectivity index (χ0v) is 20.1. The lowest BCUT2D eigenvalue weighted by atomic mass is 10.0. The summed E-state index contributed by atoms with van der Waals surface area (Å²) in [6.45, 7) is 4.67. The second kappa shape index (κ2) is 9.71. The van der Waals surface area contributed by atoms with Crippen molar-refractivity contribution in [3.05, 3.63) is 46.0 Å². The van der Waals surface area contributed by atoms with Crippen LogP contribution in [0.3, 0.4) is 0 Å². The zero-order valence-electron chi connectivity index (χ0n) is 19.3. The van der Waals surface area contributed by atoms with Gasteiger partial charge in [-0.05, 0) is 24.6 Å². The number of aromatic nitrogens is 2. The minimum absolute atomic E-state index is 0.0548. The lowest BCUT2D eigenvalue weighted by Crippen LogP contribution is -2.39. The molecule has 182 valence electrons. The van der Waals surface area contributed by atoms with Crippen LogP contribution in [0.1, 0.15) is 48.4 Å². The van der Waals surface area contributed by atoms with Gasteiger partial charge in [0.2, 0.25) is 0 Å². The summed E-state index contributed by atoms with van der Waals surface area (Å²) in [6, 6.07) is 3.57.